The average Bonchev–Trinajstić information content (AvgIpc) is 2.22. The van der Waals surface area contributed by atoms with E-state index in [2.05, 4.69) is 6.92 Å². The Morgan fingerprint density at radius 3 is 2.87 bits per heavy atom. The van der Waals surface area contributed by atoms with Crippen LogP contribution in [0.1, 0.15) is 19.8 Å². The van der Waals surface area contributed by atoms with Gasteiger partial charge in [-0.3, -0.25) is 0 Å². The second-order valence-corrected chi connectivity index (χ2v) is 6.43. The van der Waals surface area contributed by atoms with E-state index >= 15 is 0 Å². The molecule has 2 rings (SSSR count). The van der Waals surface area contributed by atoms with Gasteiger partial charge in [0, 0.05) is 22.9 Å². The third-order valence-corrected chi connectivity index (χ3v) is 5.53. The highest BCUT2D eigenvalue weighted by Crippen LogP contribution is 2.33. The van der Waals surface area contributed by atoms with Gasteiger partial charge in [-0.1, -0.05) is 6.92 Å². The van der Waals surface area contributed by atoms with Crippen LogP contribution in [0.3, 0.4) is 0 Å². The summed E-state index contributed by atoms with van der Waals surface area (Å²) in [5, 5.41) is 19.2. The molecule has 1 heterocycles. The Hall–Kier alpha value is -0.830. The largest absolute Gasteiger partial charge is 0.508 e. The number of rotatable bonds is 1. The molecule has 0 aliphatic carbocycles. The standard InChI is InChI=1S/C12H16O2S/c1-9-3-2-6-15(8-9)12-7-10(13)4-5-11(12)14/h4-5,7,9H,2-3,6,8H2,1H3,(H-,13,14)/p+1/t9-,15?/m1/s1. The lowest BCUT2D eigenvalue weighted by atomic mass is 10.1. The zero-order valence-corrected chi connectivity index (χ0v) is 9.76. The summed E-state index contributed by atoms with van der Waals surface area (Å²) in [4.78, 5) is 0.946. The topological polar surface area (TPSA) is 40.5 Å². The van der Waals surface area contributed by atoms with E-state index in [1.54, 1.807) is 12.1 Å². The minimum Gasteiger partial charge on any atom is -0.508 e. The average molecular weight is 225 g/mol. The van der Waals surface area contributed by atoms with Crippen LogP contribution in [0.5, 0.6) is 11.5 Å². The van der Waals surface area contributed by atoms with E-state index in [1.165, 1.54) is 18.9 Å². The van der Waals surface area contributed by atoms with Crippen LogP contribution in [0.4, 0.5) is 0 Å². The fraction of sp³-hybridized carbons (Fsp3) is 0.500. The predicted molar refractivity (Wildman–Crippen MR) is 63.5 cm³/mol. The van der Waals surface area contributed by atoms with Crippen LogP contribution in [0.15, 0.2) is 23.1 Å². The molecule has 0 bridgehead atoms. The van der Waals surface area contributed by atoms with Crippen molar-refractivity contribution in [2.24, 2.45) is 5.92 Å². The van der Waals surface area contributed by atoms with Crippen molar-refractivity contribution < 1.29 is 10.2 Å². The number of phenols is 2. The minimum absolute atomic E-state index is 0.130. The van der Waals surface area contributed by atoms with Gasteiger partial charge >= 0.3 is 0 Å². The van der Waals surface area contributed by atoms with E-state index in [-0.39, 0.29) is 16.6 Å². The highest BCUT2D eigenvalue weighted by molar-refractivity contribution is 7.97. The summed E-state index contributed by atoms with van der Waals surface area (Å²) in [5.41, 5.74) is 0. The molecule has 2 nitrogen and oxygen atoms in total. The zero-order chi connectivity index (χ0) is 10.8. The van der Waals surface area contributed by atoms with Crippen LogP contribution in [-0.4, -0.2) is 21.7 Å². The van der Waals surface area contributed by atoms with Gasteiger partial charge in [0.2, 0.25) is 0 Å². The number of hydrogen-bond acceptors (Lipinski definition) is 2. The summed E-state index contributed by atoms with van der Waals surface area (Å²) in [6, 6.07) is 4.85. The Kier molecular flexibility index (Phi) is 3.10. The van der Waals surface area contributed by atoms with Gasteiger partial charge in [0.15, 0.2) is 10.6 Å². The van der Waals surface area contributed by atoms with Gasteiger partial charge in [-0.05, 0) is 25.0 Å². The van der Waals surface area contributed by atoms with Crippen molar-refractivity contribution in [3.63, 3.8) is 0 Å². The molecule has 82 valence electrons. The van der Waals surface area contributed by atoms with Crippen molar-refractivity contribution in [1.29, 1.82) is 0 Å². The summed E-state index contributed by atoms with van der Waals surface area (Å²) < 4.78 is 0. The van der Waals surface area contributed by atoms with Crippen molar-refractivity contribution in [1.82, 2.24) is 0 Å². The van der Waals surface area contributed by atoms with Gasteiger partial charge in [-0.25, -0.2) is 0 Å². The Morgan fingerprint density at radius 1 is 1.33 bits per heavy atom. The zero-order valence-electron chi connectivity index (χ0n) is 8.94. The first-order valence-corrected chi connectivity index (χ1v) is 6.92. The number of benzene rings is 1. The van der Waals surface area contributed by atoms with Gasteiger partial charge in [0.25, 0.3) is 0 Å². The molecule has 1 aromatic rings. The molecule has 0 saturated carbocycles. The first-order valence-electron chi connectivity index (χ1n) is 5.36. The van der Waals surface area contributed by atoms with E-state index in [9.17, 15) is 10.2 Å². The Balaban J connectivity index is 2.24. The second kappa shape index (κ2) is 4.35. The van der Waals surface area contributed by atoms with Gasteiger partial charge in [-0.2, -0.15) is 0 Å². The lowest BCUT2D eigenvalue weighted by Gasteiger charge is -2.19. The highest BCUT2D eigenvalue weighted by Gasteiger charge is 2.31. The summed E-state index contributed by atoms with van der Waals surface area (Å²) in [6.07, 6.45) is 2.53. The summed E-state index contributed by atoms with van der Waals surface area (Å²) in [5.74, 6) is 3.64. The van der Waals surface area contributed by atoms with Crippen LogP contribution in [0, 0.1) is 5.92 Å². The maximum Gasteiger partial charge on any atom is 0.200 e. The molecule has 1 aromatic carbocycles. The molecule has 0 aromatic heterocycles. The molecular weight excluding hydrogens is 208 g/mol. The first-order chi connectivity index (χ1) is 7.16. The fourth-order valence-electron chi connectivity index (χ4n) is 2.05. The maximum atomic E-state index is 9.77. The van der Waals surface area contributed by atoms with Crippen molar-refractivity contribution in [2.45, 2.75) is 24.7 Å². The normalized spacial score (nSPS) is 26.5. The number of phenolic OH excluding ortho intramolecular Hbond substituents is 2. The van der Waals surface area contributed by atoms with Crippen LogP contribution in [-0.2, 0) is 10.9 Å². The predicted octanol–water partition coefficient (Wildman–Crippen LogP) is 2.50. The molecule has 2 N–H and O–H groups in total. The summed E-state index contributed by atoms with van der Waals surface area (Å²) in [7, 11) is 0.130. The molecule has 1 saturated heterocycles. The molecule has 0 radical (unpaired) electrons. The van der Waals surface area contributed by atoms with Gasteiger partial charge < -0.3 is 10.2 Å². The minimum atomic E-state index is 0.130. The molecule has 1 aliphatic heterocycles. The van der Waals surface area contributed by atoms with Crippen molar-refractivity contribution in [3.05, 3.63) is 18.2 Å². The van der Waals surface area contributed by atoms with Crippen molar-refractivity contribution >= 4 is 10.9 Å². The molecule has 2 atom stereocenters. The van der Waals surface area contributed by atoms with Gasteiger partial charge in [0.1, 0.15) is 17.3 Å². The maximum absolute atomic E-state index is 9.77. The van der Waals surface area contributed by atoms with Crippen molar-refractivity contribution in [3.8, 4) is 11.5 Å². The lowest BCUT2D eigenvalue weighted by molar-refractivity contribution is 0.447. The fourth-order valence-corrected chi connectivity index (χ4v) is 4.64. The monoisotopic (exact) mass is 225 g/mol. The third kappa shape index (κ3) is 2.40. The first kappa shape index (κ1) is 10.7. The second-order valence-electron chi connectivity index (χ2n) is 4.26. The molecule has 15 heavy (non-hydrogen) atoms. The molecule has 0 spiro atoms. The lowest BCUT2D eigenvalue weighted by Crippen LogP contribution is -2.23. The van der Waals surface area contributed by atoms with E-state index in [4.69, 9.17) is 0 Å². The summed E-state index contributed by atoms with van der Waals surface area (Å²) >= 11 is 0. The third-order valence-electron chi connectivity index (χ3n) is 2.83. The molecule has 3 heteroatoms. The Labute approximate surface area is 93.3 Å². The molecule has 1 aliphatic rings. The van der Waals surface area contributed by atoms with Crippen LogP contribution in [0.25, 0.3) is 0 Å². The Bertz CT molecular complexity index is 351. The van der Waals surface area contributed by atoms with Crippen molar-refractivity contribution in [2.75, 3.05) is 11.5 Å². The van der Waals surface area contributed by atoms with Crippen LogP contribution >= 0.6 is 0 Å². The van der Waals surface area contributed by atoms with E-state index in [1.807, 2.05) is 0 Å². The number of aromatic hydroxyl groups is 2. The van der Waals surface area contributed by atoms with Gasteiger partial charge in [0.05, 0.1) is 0 Å². The SMILES string of the molecule is C[C@@H]1CCC[S+](c2cc(O)ccc2O)C1. The van der Waals surface area contributed by atoms with Crippen LogP contribution in [0.2, 0.25) is 0 Å². The van der Waals surface area contributed by atoms with E-state index in [0.717, 1.165) is 22.3 Å². The summed E-state index contributed by atoms with van der Waals surface area (Å²) in [6.45, 7) is 2.26. The smallest absolute Gasteiger partial charge is 0.200 e. The van der Waals surface area contributed by atoms with Crippen LogP contribution < -0.4 is 0 Å². The highest BCUT2D eigenvalue weighted by atomic mass is 32.2. The molecule has 1 fully saturated rings. The Morgan fingerprint density at radius 2 is 2.13 bits per heavy atom. The molecule has 1 unspecified atom stereocenters. The van der Waals surface area contributed by atoms with E-state index < -0.39 is 0 Å². The quantitative estimate of drug-likeness (QED) is 0.569. The van der Waals surface area contributed by atoms with Gasteiger partial charge in [-0.15, -0.1) is 0 Å². The van der Waals surface area contributed by atoms with E-state index in [0.29, 0.717) is 5.75 Å². The number of hydrogen-bond donors (Lipinski definition) is 2. The molecule has 0 amide bonds. The molecular formula is C12H17O2S+.